The fourth-order valence-corrected chi connectivity index (χ4v) is 5.15. The summed E-state index contributed by atoms with van der Waals surface area (Å²) in [7, 11) is 0. The van der Waals surface area contributed by atoms with Gasteiger partial charge in [0.15, 0.2) is 0 Å². The number of imide groups is 1. The lowest BCUT2D eigenvalue weighted by molar-refractivity contribution is -0.130. The summed E-state index contributed by atoms with van der Waals surface area (Å²) >= 11 is 1.76. The minimum Gasteiger partial charge on any atom is -0.508 e. The van der Waals surface area contributed by atoms with E-state index < -0.39 is 0 Å². The fourth-order valence-electron chi connectivity index (χ4n) is 4.23. The third-order valence-corrected chi connectivity index (χ3v) is 7.54. The maximum atomic E-state index is 12.0. The van der Waals surface area contributed by atoms with Gasteiger partial charge >= 0.3 is 0 Å². The van der Waals surface area contributed by atoms with Gasteiger partial charge < -0.3 is 5.11 Å². The van der Waals surface area contributed by atoms with Crippen molar-refractivity contribution in [3.63, 3.8) is 0 Å². The number of rotatable bonds is 23. The van der Waals surface area contributed by atoms with Gasteiger partial charge in [0.25, 0.3) is 0 Å². The largest absolute Gasteiger partial charge is 0.508 e. The maximum absolute atomic E-state index is 12.0. The summed E-state index contributed by atoms with van der Waals surface area (Å²) in [5.74, 6) is 1.02. The number of phenolic OH excluding ortho intramolecular Hbond substituents is 1. The van der Waals surface area contributed by atoms with Gasteiger partial charge in [-0.15, -0.1) is 11.8 Å². The zero-order valence-electron chi connectivity index (χ0n) is 22.3. The van der Waals surface area contributed by atoms with Crippen molar-refractivity contribution in [3.05, 3.63) is 24.3 Å². The Balaban J connectivity index is 1.82. The Bertz CT molecular complexity index is 648. The second-order valence-electron chi connectivity index (χ2n) is 9.82. The molecule has 2 amide bonds. The van der Waals surface area contributed by atoms with Crippen LogP contribution >= 0.6 is 11.8 Å². The van der Waals surface area contributed by atoms with E-state index in [0.717, 1.165) is 42.8 Å². The van der Waals surface area contributed by atoms with Crippen LogP contribution in [0.4, 0.5) is 0 Å². The molecule has 1 aromatic carbocycles. The minimum absolute atomic E-state index is 0.118. The molecule has 0 aliphatic heterocycles. The summed E-state index contributed by atoms with van der Waals surface area (Å²) in [5.41, 5.74) is 0. The predicted molar refractivity (Wildman–Crippen MR) is 150 cm³/mol. The highest BCUT2D eigenvalue weighted by molar-refractivity contribution is 7.99. The molecule has 0 atom stereocenters. The molecule has 1 rings (SSSR count). The molecule has 0 aliphatic carbocycles. The second-order valence-corrected chi connectivity index (χ2v) is 11.0. The number of carbonyl (C=O) groups excluding carboxylic acids is 2. The molecule has 0 spiro atoms. The van der Waals surface area contributed by atoms with Crippen LogP contribution in [0.25, 0.3) is 0 Å². The van der Waals surface area contributed by atoms with Crippen LogP contribution in [0.3, 0.4) is 0 Å². The van der Waals surface area contributed by atoms with Gasteiger partial charge in [-0.3, -0.25) is 14.9 Å². The molecule has 0 radical (unpaired) electrons. The summed E-state index contributed by atoms with van der Waals surface area (Å²) in [5, 5.41) is 11.8. The molecule has 0 unspecified atom stereocenters. The number of amides is 2. The van der Waals surface area contributed by atoms with Crippen molar-refractivity contribution < 1.29 is 14.7 Å². The van der Waals surface area contributed by atoms with Gasteiger partial charge in [-0.25, -0.2) is 0 Å². The zero-order valence-corrected chi connectivity index (χ0v) is 23.1. The third kappa shape index (κ3) is 20.4. The van der Waals surface area contributed by atoms with Gasteiger partial charge in [0, 0.05) is 17.7 Å². The van der Waals surface area contributed by atoms with Crippen LogP contribution in [0.2, 0.25) is 0 Å². The molecule has 1 aromatic rings. The first-order chi connectivity index (χ1) is 17.1. The van der Waals surface area contributed by atoms with Crippen LogP contribution in [-0.2, 0) is 9.59 Å². The van der Waals surface area contributed by atoms with E-state index in [1.54, 1.807) is 23.9 Å². The van der Waals surface area contributed by atoms with E-state index in [2.05, 4.69) is 12.2 Å². The molecule has 0 saturated carbocycles. The summed E-state index contributed by atoms with van der Waals surface area (Å²) < 4.78 is 0. The molecule has 35 heavy (non-hydrogen) atoms. The molecule has 4 nitrogen and oxygen atoms in total. The number of thioether (sulfide) groups is 1. The molecule has 2 N–H and O–H groups in total. The summed E-state index contributed by atoms with van der Waals surface area (Å²) in [6.45, 7) is 2.27. The Labute approximate surface area is 219 Å². The van der Waals surface area contributed by atoms with Gasteiger partial charge in [-0.1, -0.05) is 103 Å². The van der Waals surface area contributed by atoms with Crippen LogP contribution in [-0.4, -0.2) is 22.7 Å². The normalized spacial score (nSPS) is 11.0. The van der Waals surface area contributed by atoms with E-state index in [0.29, 0.717) is 12.8 Å². The van der Waals surface area contributed by atoms with Gasteiger partial charge in [0.05, 0.1) is 0 Å². The number of nitrogens with one attached hydrogen (secondary N) is 1. The molecule has 0 bridgehead atoms. The first kappa shape index (κ1) is 31.5. The Morgan fingerprint density at radius 2 is 1.03 bits per heavy atom. The maximum Gasteiger partial charge on any atom is 0.226 e. The average molecular weight is 506 g/mol. The molecule has 0 saturated heterocycles. The number of aromatic hydroxyl groups is 1. The highest BCUT2D eigenvalue weighted by atomic mass is 32.2. The third-order valence-electron chi connectivity index (χ3n) is 6.44. The van der Waals surface area contributed by atoms with Gasteiger partial charge in [0.1, 0.15) is 5.75 Å². The van der Waals surface area contributed by atoms with Crippen molar-refractivity contribution in [2.75, 3.05) is 5.75 Å². The van der Waals surface area contributed by atoms with Gasteiger partial charge in [-0.2, -0.15) is 0 Å². The first-order valence-corrected chi connectivity index (χ1v) is 15.3. The van der Waals surface area contributed by atoms with Crippen LogP contribution in [0, 0.1) is 0 Å². The topological polar surface area (TPSA) is 66.4 Å². The quantitative estimate of drug-likeness (QED) is 0.115. The number of phenols is 1. The Morgan fingerprint density at radius 3 is 1.49 bits per heavy atom. The zero-order chi connectivity index (χ0) is 25.4. The van der Waals surface area contributed by atoms with E-state index in [1.165, 1.54) is 83.5 Å². The fraction of sp³-hybridized carbons (Fsp3) is 0.733. The molecule has 0 heterocycles. The molecule has 5 heteroatoms. The van der Waals surface area contributed by atoms with E-state index in [9.17, 15) is 14.7 Å². The molecule has 0 aliphatic rings. The van der Waals surface area contributed by atoms with E-state index in [-0.39, 0.29) is 17.6 Å². The molecule has 0 fully saturated rings. The number of carbonyl (C=O) groups is 2. The Morgan fingerprint density at radius 1 is 0.629 bits per heavy atom. The van der Waals surface area contributed by atoms with Crippen molar-refractivity contribution in [2.45, 2.75) is 140 Å². The molecule has 0 aromatic heterocycles. The van der Waals surface area contributed by atoms with Crippen LogP contribution in [0.1, 0.15) is 135 Å². The van der Waals surface area contributed by atoms with Crippen LogP contribution in [0.15, 0.2) is 29.2 Å². The standard InChI is InChI=1S/C30H51NO3S/c1-2-3-4-5-6-7-8-9-10-11-12-13-14-15-17-20-29(33)31-30(34)21-18-16-19-26-35-28-24-22-27(32)23-25-28/h22-25,32H,2-21,26H2,1H3,(H,31,33,34). The summed E-state index contributed by atoms with van der Waals surface area (Å²) in [4.78, 5) is 25.0. The molecular weight excluding hydrogens is 454 g/mol. The van der Waals surface area contributed by atoms with Crippen LogP contribution < -0.4 is 5.32 Å². The van der Waals surface area contributed by atoms with Crippen molar-refractivity contribution in [1.82, 2.24) is 5.32 Å². The lowest BCUT2D eigenvalue weighted by Crippen LogP contribution is -2.29. The predicted octanol–water partition coefficient (Wildman–Crippen LogP) is 8.95. The van der Waals surface area contributed by atoms with E-state index in [1.807, 2.05) is 12.1 Å². The molecular formula is C30H51NO3S. The average Bonchev–Trinajstić information content (AvgIpc) is 2.84. The lowest BCUT2D eigenvalue weighted by atomic mass is 10.0. The van der Waals surface area contributed by atoms with E-state index in [4.69, 9.17) is 0 Å². The van der Waals surface area contributed by atoms with E-state index >= 15 is 0 Å². The van der Waals surface area contributed by atoms with Gasteiger partial charge in [-0.05, 0) is 49.3 Å². The minimum atomic E-state index is -0.137. The highest BCUT2D eigenvalue weighted by Gasteiger charge is 2.07. The number of unbranched alkanes of at least 4 members (excludes halogenated alkanes) is 16. The summed E-state index contributed by atoms with van der Waals surface area (Å²) in [6, 6.07) is 7.22. The monoisotopic (exact) mass is 505 g/mol. The SMILES string of the molecule is CCCCCCCCCCCCCCCCCC(=O)NC(=O)CCCCCSc1ccc(O)cc1. The Hall–Kier alpha value is -1.49. The Kier molecular flexibility index (Phi) is 20.7. The van der Waals surface area contributed by atoms with Gasteiger partial charge in [0.2, 0.25) is 11.8 Å². The van der Waals surface area contributed by atoms with Crippen molar-refractivity contribution in [1.29, 1.82) is 0 Å². The summed E-state index contributed by atoms with van der Waals surface area (Å²) in [6.07, 6.45) is 23.4. The number of hydrogen-bond acceptors (Lipinski definition) is 4. The first-order valence-electron chi connectivity index (χ1n) is 14.4. The second kappa shape index (κ2) is 22.9. The van der Waals surface area contributed by atoms with Crippen LogP contribution in [0.5, 0.6) is 5.75 Å². The van der Waals surface area contributed by atoms with Crippen molar-refractivity contribution >= 4 is 23.6 Å². The lowest BCUT2D eigenvalue weighted by Gasteiger charge is -2.05. The molecule has 200 valence electrons. The van der Waals surface area contributed by atoms with Crippen molar-refractivity contribution in [3.8, 4) is 5.75 Å². The smallest absolute Gasteiger partial charge is 0.226 e. The number of benzene rings is 1. The highest BCUT2D eigenvalue weighted by Crippen LogP contribution is 2.22. The number of hydrogen-bond donors (Lipinski definition) is 2. The van der Waals surface area contributed by atoms with Crippen molar-refractivity contribution in [2.24, 2.45) is 0 Å².